The van der Waals surface area contributed by atoms with Crippen LogP contribution in [0.1, 0.15) is 25.0 Å². The van der Waals surface area contributed by atoms with Crippen molar-refractivity contribution in [2.75, 3.05) is 26.4 Å². The Balaban J connectivity index is 1.25. The van der Waals surface area contributed by atoms with Crippen LogP contribution in [0.3, 0.4) is 0 Å². The van der Waals surface area contributed by atoms with Crippen LogP contribution in [0.2, 0.25) is 0 Å². The summed E-state index contributed by atoms with van der Waals surface area (Å²) < 4.78 is 10.8. The Morgan fingerprint density at radius 1 is 1.28 bits per heavy atom. The van der Waals surface area contributed by atoms with Crippen molar-refractivity contribution in [3.8, 4) is 22.1 Å². The van der Waals surface area contributed by atoms with Crippen LogP contribution in [0.25, 0.3) is 10.6 Å². The molecular weight excluding hydrogens is 338 g/mol. The predicted octanol–water partition coefficient (Wildman–Crippen LogP) is 2.64. The summed E-state index contributed by atoms with van der Waals surface area (Å²) in [7, 11) is 0. The maximum absolute atomic E-state index is 11.5. The molecule has 132 valence electrons. The molecule has 1 aromatic carbocycles. The molecule has 1 fully saturated rings. The number of carbonyl (C=O) groups is 1. The van der Waals surface area contributed by atoms with Crippen molar-refractivity contribution in [3.05, 3.63) is 29.3 Å². The van der Waals surface area contributed by atoms with Gasteiger partial charge in [0, 0.05) is 37.0 Å². The van der Waals surface area contributed by atoms with E-state index in [0.29, 0.717) is 5.91 Å². The first-order valence-corrected chi connectivity index (χ1v) is 9.50. The number of nitrogens with zero attached hydrogens (tertiary/aromatic N) is 2. The van der Waals surface area contributed by atoms with Gasteiger partial charge in [0.15, 0.2) is 11.5 Å². The van der Waals surface area contributed by atoms with Crippen molar-refractivity contribution in [1.82, 2.24) is 15.2 Å². The van der Waals surface area contributed by atoms with Crippen LogP contribution in [-0.2, 0) is 11.3 Å². The van der Waals surface area contributed by atoms with Crippen molar-refractivity contribution in [1.29, 1.82) is 0 Å². The minimum atomic E-state index is 0.287. The van der Waals surface area contributed by atoms with Gasteiger partial charge in [-0.2, -0.15) is 0 Å². The molecule has 2 aliphatic rings. The molecule has 0 aliphatic carbocycles. The second-order valence-electron chi connectivity index (χ2n) is 6.23. The van der Waals surface area contributed by atoms with E-state index in [0.717, 1.165) is 73.2 Å². The summed E-state index contributed by atoms with van der Waals surface area (Å²) in [5, 5.41) is 6.47. The fourth-order valence-electron chi connectivity index (χ4n) is 3.10. The smallest absolute Gasteiger partial charge is 0.231 e. The number of benzene rings is 1. The molecule has 2 aromatic rings. The summed E-state index contributed by atoms with van der Waals surface area (Å²) in [6, 6.07) is 5.92. The topological polar surface area (TPSA) is 63.7 Å². The highest BCUT2D eigenvalue weighted by Crippen LogP contribution is 2.36. The Morgan fingerprint density at radius 3 is 3.08 bits per heavy atom. The summed E-state index contributed by atoms with van der Waals surface area (Å²) in [5.74, 6) is 1.87. The number of likely N-dealkylation sites (tertiary alicyclic amines) is 1. The fourth-order valence-corrected chi connectivity index (χ4v) is 3.92. The zero-order chi connectivity index (χ0) is 17.1. The van der Waals surface area contributed by atoms with Crippen molar-refractivity contribution in [3.63, 3.8) is 0 Å². The first-order chi connectivity index (χ1) is 12.3. The predicted molar refractivity (Wildman–Crippen MR) is 95.8 cm³/mol. The molecule has 0 saturated carbocycles. The van der Waals surface area contributed by atoms with Crippen molar-refractivity contribution in [2.24, 2.45) is 0 Å². The van der Waals surface area contributed by atoms with Crippen LogP contribution in [0.15, 0.2) is 23.6 Å². The van der Waals surface area contributed by atoms with E-state index >= 15 is 0 Å². The van der Waals surface area contributed by atoms with E-state index < -0.39 is 0 Å². The van der Waals surface area contributed by atoms with E-state index in [1.165, 1.54) is 0 Å². The van der Waals surface area contributed by atoms with Crippen LogP contribution in [0, 0.1) is 0 Å². The molecule has 2 aliphatic heterocycles. The number of carbonyl (C=O) groups excluding carboxylic acids is 1. The maximum Gasteiger partial charge on any atom is 0.231 e. The molecule has 1 amide bonds. The van der Waals surface area contributed by atoms with Gasteiger partial charge in [0.1, 0.15) is 5.01 Å². The Kier molecular flexibility index (Phi) is 4.85. The summed E-state index contributed by atoms with van der Waals surface area (Å²) in [5.41, 5.74) is 2.09. The van der Waals surface area contributed by atoms with Gasteiger partial charge in [-0.15, -0.1) is 11.3 Å². The highest BCUT2D eigenvalue weighted by atomic mass is 32.1. The van der Waals surface area contributed by atoms with Gasteiger partial charge in [-0.3, -0.25) is 4.79 Å². The van der Waals surface area contributed by atoms with Gasteiger partial charge in [0.25, 0.3) is 0 Å². The molecule has 4 rings (SSSR count). The quantitative estimate of drug-likeness (QED) is 0.770. The number of hydrogen-bond donors (Lipinski definition) is 1. The van der Waals surface area contributed by atoms with E-state index in [9.17, 15) is 4.79 Å². The van der Waals surface area contributed by atoms with Crippen molar-refractivity contribution in [2.45, 2.75) is 25.8 Å². The van der Waals surface area contributed by atoms with Crippen molar-refractivity contribution >= 4 is 17.2 Å². The zero-order valence-corrected chi connectivity index (χ0v) is 14.8. The normalized spacial score (nSPS) is 16.0. The van der Waals surface area contributed by atoms with Crippen molar-refractivity contribution < 1.29 is 14.3 Å². The second kappa shape index (κ2) is 7.41. The first kappa shape index (κ1) is 16.4. The third-order valence-corrected chi connectivity index (χ3v) is 5.37. The zero-order valence-electron chi connectivity index (χ0n) is 14.0. The van der Waals surface area contributed by atoms with E-state index in [2.05, 4.69) is 15.7 Å². The highest BCUT2D eigenvalue weighted by molar-refractivity contribution is 7.13. The second-order valence-corrected chi connectivity index (χ2v) is 7.08. The van der Waals surface area contributed by atoms with Crippen LogP contribution in [-0.4, -0.2) is 42.2 Å². The van der Waals surface area contributed by atoms with Gasteiger partial charge < -0.3 is 19.7 Å². The monoisotopic (exact) mass is 359 g/mol. The summed E-state index contributed by atoms with van der Waals surface area (Å²) in [4.78, 5) is 18.2. The minimum Gasteiger partial charge on any atom is -0.454 e. The Labute approximate surface area is 150 Å². The Morgan fingerprint density at radius 2 is 2.20 bits per heavy atom. The van der Waals surface area contributed by atoms with Crippen LogP contribution < -0.4 is 14.8 Å². The summed E-state index contributed by atoms with van der Waals surface area (Å²) in [6.45, 7) is 3.69. The number of fused-ring (bicyclic) bond motifs is 1. The molecule has 0 bridgehead atoms. The number of ether oxygens (including phenoxy) is 2. The van der Waals surface area contributed by atoms with Crippen LogP contribution in [0.5, 0.6) is 11.5 Å². The Bertz CT molecular complexity index is 762. The molecule has 0 atom stereocenters. The van der Waals surface area contributed by atoms with Gasteiger partial charge >= 0.3 is 0 Å². The van der Waals surface area contributed by atoms with Gasteiger partial charge in [-0.25, -0.2) is 4.98 Å². The summed E-state index contributed by atoms with van der Waals surface area (Å²) >= 11 is 1.63. The van der Waals surface area contributed by atoms with E-state index in [1.54, 1.807) is 11.3 Å². The average Bonchev–Trinajstić information content (AvgIpc) is 3.35. The molecule has 0 spiro atoms. The molecule has 1 aromatic heterocycles. The number of nitrogens with one attached hydrogen (secondary N) is 1. The number of rotatable bonds is 7. The van der Waals surface area contributed by atoms with Gasteiger partial charge in [0.05, 0.1) is 5.69 Å². The molecule has 0 unspecified atom stereocenters. The molecule has 7 heteroatoms. The third-order valence-electron chi connectivity index (χ3n) is 4.43. The molecule has 0 radical (unpaired) electrons. The van der Waals surface area contributed by atoms with Gasteiger partial charge in [0.2, 0.25) is 12.7 Å². The lowest BCUT2D eigenvalue weighted by Gasteiger charge is -2.15. The number of hydrogen-bond acceptors (Lipinski definition) is 6. The molecule has 6 nitrogen and oxygen atoms in total. The van der Waals surface area contributed by atoms with E-state index in [-0.39, 0.29) is 6.79 Å². The number of aromatic nitrogens is 1. The number of thiazole rings is 1. The molecule has 3 heterocycles. The van der Waals surface area contributed by atoms with Crippen LogP contribution in [0.4, 0.5) is 0 Å². The number of amides is 1. The Hall–Kier alpha value is -2.12. The lowest BCUT2D eigenvalue weighted by atomic mass is 10.2. The third kappa shape index (κ3) is 3.77. The molecule has 1 saturated heterocycles. The lowest BCUT2D eigenvalue weighted by molar-refractivity contribution is -0.127. The average molecular weight is 359 g/mol. The SMILES string of the molecule is O=C1CCCN1CCCNCc1csc(-c2ccc3c(c2)OCO3)n1. The van der Waals surface area contributed by atoms with Gasteiger partial charge in [-0.1, -0.05) is 0 Å². The molecular formula is C18H21N3O3S. The fraction of sp³-hybridized carbons (Fsp3) is 0.444. The highest BCUT2D eigenvalue weighted by Gasteiger charge is 2.19. The standard InChI is InChI=1S/C18H21N3O3S/c22-17-3-1-7-21(17)8-2-6-19-10-14-11-25-18(20-14)13-4-5-15-16(9-13)24-12-23-15/h4-5,9,11,19H,1-3,6-8,10,12H2. The largest absolute Gasteiger partial charge is 0.454 e. The van der Waals surface area contributed by atoms with Crippen LogP contribution >= 0.6 is 11.3 Å². The summed E-state index contributed by atoms with van der Waals surface area (Å²) in [6.07, 6.45) is 2.70. The minimum absolute atomic E-state index is 0.287. The van der Waals surface area contributed by atoms with Gasteiger partial charge in [-0.05, 0) is 37.6 Å². The van der Waals surface area contributed by atoms with E-state index in [1.807, 2.05) is 23.1 Å². The lowest BCUT2D eigenvalue weighted by Crippen LogP contribution is -2.28. The first-order valence-electron chi connectivity index (χ1n) is 8.62. The molecule has 1 N–H and O–H groups in total. The van der Waals surface area contributed by atoms with E-state index in [4.69, 9.17) is 9.47 Å². The maximum atomic E-state index is 11.5. The molecule has 25 heavy (non-hydrogen) atoms.